The lowest BCUT2D eigenvalue weighted by molar-refractivity contribution is 0.0746. The Morgan fingerprint density at radius 3 is 2.34 bits per heavy atom. The number of hydrogen-bond acceptors (Lipinski definition) is 5. The highest BCUT2D eigenvalue weighted by Gasteiger charge is 2.35. The van der Waals surface area contributed by atoms with Crippen LogP contribution in [0, 0.1) is 5.92 Å². The Morgan fingerprint density at radius 2 is 1.55 bits per heavy atom. The van der Waals surface area contributed by atoms with E-state index < -0.39 is 0 Å². The molecular formula is C35H34ClN5O3. The largest absolute Gasteiger partial charge is 0.369 e. The maximum Gasteiger partial charge on any atom is 0.257 e. The lowest BCUT2D eigenvalue weighted by Crippen LogP contribution is -2.49. The van der Waals surface area contributed by atoms with Crippen molar-refractivity contribution in [3.8, 4) is 0 Å². The summed E-state index contributed by atoms with van der Waals surface area (Å²) >= 11 is 6.37. The fraction of sp³-hybridized carbons (Fsp3) is 0.286. The molecule has 2 atom stereocenters. The van der Waals surface area contributed by atoms with E-state index in [9.17, 15) is 14.4 Å². The number of aromatic nitrogens is 1. The Balaban J connectivity index is 1.16. The second-order valence-electron chi connectivity index (χ2n) is 11.9. The third-order valence-electron chi connectivity index (χ3n) is 9.12. The SMILES string of the molecule is O=C(Nc1cc(C(=O)N2CCN(c3ccccc3)CC2)ccc1N1C[C@H]2C[C@@H](C1)c1cccc(=O)n1C2)c1ccccc1Cl. The van der Waals surface area contributed by atoms with Crippen molar-refractivity contribution in [3.63, 3.8) is 0 Å². The van der Waals surface area contributed by atoms with Crippen LogP contribution in [0.4, 0.5) is 17.1 Å². The van der Waals surface area contributed by atoms with Gasteiger partial charge in [0.2, 0.25) is 0 Å². The summed E-state index contributed by atoms with van der Waals surface area (Å²) < 4.78 is 1.91. The molecule has 2 amide bonds. The van der Waals surface area contributed by atoms with E-state index in [1.165, 1.54) is 0 Å². The molecule has 1 N–H and O–H groups in total. The first-order valence-corrected chi connectivity index (χ1v) is 15.6. The summed E-state index contributed by atoms with van der Waals surface area (Å²) in [5.74, 6) is 0.120. The zero-order valence-electron chi connectivity index (χ0n) is 24.4. The average molecular weight is 608 g/mol. The van der Waals surface area contributed by atoms with Gasteiger partial charge in [0.15, 0.2) is 0 Å². The van der Waals surface area contributed by atoms with Gasteiger partial charge < -0.3 is 24.6 Å². The third kappa shape index (κ3) is 5.46. The highest BCUT2D eigenvalue weighted by atomic mass is 35.5. The number of amides is 2. The van der Waals surface area contributed by atoms with Crippen LogP contribution in [0.25, 0.3) is 0 Å². The number of nitrogens with one attached hydrogen (secondary N) is 1. The molecule has 3 aromatic carbocycles. The topological polar surface area (TPSA) is 77.9 Å². The van der Waals surface area contributed by atoms with Gasteiger partial charge in [-0.2, -0.15) is 0 Å². The highest BCUT2D eigenvalue weighted by molar-refractivity contribution is 6.34. The van der Waals surface area contributed by atoms with E-state index in [4.69, 9.17) is 11.6 Å². The van der Waals surface area contributed by atoms with Crippen LogP contribution in [0.3, 0.4) is 0 Å². The smallest absolute Gasteiger partial charge is 0.257 e. The van der Waals surface area contributed by atoms with Gasteiger partial charge >= 0.3 is 0 Å². The van der Waals surface area contributed by atoms with Gasteiger partial charge in [-0.05, 0) is 60.9 Å². The van der Waals surface area contributed by atoms with Crippen molar-refractivity contribution in [2.24, 2.45) is 5.92 Å². The number of fused-ring (bicyclic) bond motifs is 4. The number of rotatable bonds is 5. The molecule has 1 aromatic heterocycles. The number of carbonyl (C=O) groups is 2. The zero-order chi connectivity index (χ0) is 30.2. The minimum Gasteiger partial charge on any atom is -0.369 e. The summed E-state index contributed by atoms with van der Waals surface area (Å²) in [7, 11) is 0. The molecule has 2 fully saturated rings. The summed E-state index contributed by atoms with van der Waals surface area (Å²) in [6, 6.07) is 28.3. The van der Waals surface area contributed by atoms with E-state index >= 15 is 0 Å². The third-order valence-corrected chi connectivity index (χ3v) is 9.45. The quantitative estimate of drug-likeness (QED) is 0.331. The first kappa shape index (κ1) is 28.2. The Labute approximate surface area is 261 Å². The van der Waals surface area contributed by atoms with Crippen LogP contribution in [0.15, 0.2) is 95.8 Å². The first-order chi connectivity index (χ1) is 21.4. The summed E-state index contributed by atoms with van der Waals surface area (Å²) in [6.45, 7) is 4.88. The molecule has 44 heavy (non-hydrogen) atoms. The number of pyridine rings is 1. The van der Waals surface area contributed by atoms with Crippen LogP contribution in [0.2, 0.25) is 5.02 Å². The fourth-order valence-electron chi connectivity index (χ4n) is 6.96. The van der Waals surface area contributed by atoms with Crippen molar-refractivity contribution in [2.45, 2.75) is 18.9 Å². The predicted molar refractivity (Wildman–Crippen MR) is 174 cm³/mol. The summed E-state index contributed by atoms with van der Waals surface area (Å²) in [5, 5.41) is 3.45. The molecule has 9 heteroatoms. The Morgan fingerprint density at radius 1 is 0.773 bits per heavy atom. The number of halogens is 1. The second-order valence-corrected chi connectivity index (χ2v) is 12.3. The lowest BCUT2D eigenvalue weighted by atomic mass is 9.83. The molecule has 3 aliphatic heterocycles. The van der Waals surface area contributed by atoms with Gasteiger partial charge in [0, 0.05) is 74.7 Å². The molecule has 4 aromatic rings. The van der Waals surface area contributed by atoms with Gasteiger partial charge in [0.25, 0.3) is 17.4 Å². The maximum atomic E-state index is 13.7. The molecule has 8 nitrogen and oxygen atoms in total. The molecule has 4 heterocycles. The van der Waals surface area contributed by atoms with Gasteiger partial charge in [-0.1, -0.05) is 48.0 Å². The Hall–Kier alpha value is -4.56. The van der Waals surface area contributed by atoms with Gasteiger partial charge in [-0.15, -0.1) is 0 Å². The summed E-state index contributed by atoms with van der Waals surface area (Å²) in [5.41, 5.74) is 4.61. The van der Waals surface area contributed by atoms with E-state index in [0.717, 1.165) is 43.1 Å². The van der Waals surface area contributed by atoms with Gasteiger partial charge in [-0.3, -0.25) is 14.4 Å². The van der Waals surface area contributed by atoms with Gasteiger partial charge in [-0.25, -0.2) is 0 Å². The molecule has 0 saturated carbocycles. The fourth-order valence-corrected chi connectivity index (χ4v) is 7.18. The molecule has 0 spiro atoms. The van der Waals surface area contributed by atoms with Crippen LogP contribution < -0.4 is 20.7 Å². The van der Waals surface area contributed by atoms with E-state index in [-0.39, 0.29) is 23.3 Å². The Kier molecular flexibility index (Phi) is 7.60. The monoisotopic (exact) mass is 607 g/mol. The second kappa shape index (κ2) is 11.8. The number of hydrogen-bond donors (Lipinski definition) is 1. The molecular weight excluding hydrogens is 574 g/mol. The number of para-hydroxylation sites is 1. The average Bonchev–Trinajstić information content (AvgIpc) is 3.05. The number of nitrogens with zero attached hydrogens (tertiary/aromatic N) is 4. The number of benzene rings is 3. The van der Waals surface area contributed by atoms with Crippen LogP contribution in [-0.2, 0) is 6.54 Å². The molecule has 2 saturated heterocycles. The maximum absolute atomic E-state index is 13.7. The predicted octanol–water partition coefficient (Wildman–Crippen LogP) is 5.34. The number of piperidine rings is 1. The van der Waals surface area contributed by atoms with Crippen molar-refractivity contribution in [2.75, 3.05) is 54.4 Å². The number of piperazine rings is 1. The zero-order valence-corrected chi connectivity index (χ0v) is 25.1. The van der Waals surface area contributed by atoms with Crippen LogP contribution in [0.1, 0.15) is 38.7 Å². The van der Waals surface area contributed by atoms with Crippen molar-refractivity contribution in [3.05, 3.63) is 123 Å². The summed E-state index contributed by atoms with van der Waals surface area (Å²) in [6.07, 6.45) is 1.02. The van der Waals surface area contributed by atoms with Crippen LogP contribution in [0.5, 0.6) is 0 Å². The standard InChI is InChI=1S/C35H34ClN5O3/c36-29-10-5-4-9-28(29)34(43)37-30-20-25(35(44)39-17-15-38(16-18-39)27-7-2-1-3-8-27)13-14-32(30)40-21-24-19-26(23-40)31-11-6-12-33(42)41(31)22-24/h1-14,20,24,26H,15-19,21-23H2,(H,37,43)/t24-,26+/m1/s1. The van der Waals surface area contributed by atoms with E-state index in [1.54, 1.807) is 36.4 Å². The lowest BCUT2D eigenvalue weighted by Gasteiger charge is -2.44. The van der Waals surface area contributed by atoms with E-state index in [1.807, 2.05) is 51.9 Å². The van der Waals surface area contributed by atoms with Gasteiger partial charge in [0.1, 0.15) is 0 Å². The van der Waals surface area contributed by atoms with Crippen molar-refractivity contribution < 1.29 is 9.59 Å². The normalized spacial score (nSPS) is 19.3. The van der Waals surface area contributed by atoms with Crippen molar-refractivity contribution >= 4 is 40.5 Å². The van der Waals surface area contributed by atoms with Crippen molar-refractivity contribution in [1.82, 2.24) is 9.47 Å². The molecule has 2 bridgehead atoms. The van der Waals surface area contributed by atoms with Crippen LogP contribution in [-0.4, -0.2) is 60.5 Å². The molecule has 3 aliphatic rings. The molecule has 7 rings (SSSR count). The Bertz CT molecular complexity index is 1770. The molecule has 0 radical (unpaired) electrons. The first-order valence-electron chi connectivity index (χ1n) is 15.2. The number of anilines is 3. The van der Waals surface area contributed by atoms with Gasteiger partial charge in [0.05, 0.1) is 22.0 Å². The number of carbonyl (C=O) groups excluding carboxylic acids is 2. The molecule has 224 valence electrons. The molecule has 0 aliphatic carbocycles. The molecule has 0 unspecified atom stereocenters. The van der Waals surface area contributed by atoms with Crippen molar-refractivity contribution in [1.29, 1.82) is 0 Å². The minimum atomic E-state index is -0.327. The van der Waals surface area contributed by atoms with Crippen LogP contribution >= 0.6 is 11.6 Å². The minimum absolute atomic E-state index is 0.0470. The highest BCUT2D eigenvalue weighted by Crippen LogP contribution is 2.39. The van der Waals surface area contributed by atoms with E-state index in [0.29, 0.717) is 53.9 Å². The summed E-state index contributed by atoms with van der Waals surface area (Å²) in [4.78, 5) is 46.2. The van der Waals surface area contributed by atoms with E-state index in [2.05, 4.69) is 27.2 Å².